The fourth-order valence-electron chi connectivity index (χ4n) is 6.91. The van der Waals surface area contributed by atoms with Gasteiger partial charge in [-0.25, -0.2) is 9.59 Å². The summed E-state index contributed by atoms with van der Waals surface area (Å²) in [4.78, 5) is 42.5. The van der Waals surface area contributed by atoms with E-state index in [1.165, 1.54) is 6.07 Å². The standard InChI is InChI=1S/C28H20BrNO7/c1-2-35-24(33)27-25(34)37-28-18-9-5-3-7-15(18)23(32)26(27,28)21(16-8-4-6-10-20(16)36-28)22(30-27)17-13-14(29)11-12-19(17)31/h3-13,21-22,30-31H,2H2,1H3/t21-,22-,26+,27-,28+/m1/s1. The fourth-order valence-corrected chi connectivity index (χ4v) is 7.29. The molecule has 2 fully saturated rings. The zero-order valence-corrected chi connectivity index (χ0v) is 21.1. The lowest BCUT2D eigenvalue weighted by atomic mass is 9.57. The molecule has 4 aliphatic rings. The minimum atomic E-state index is -2.23. The molecule has 1 aliphatic carbocycles. The topological polar surface area (TPSA) is 111 Å². The number of carbonyl (C=O) groups excluding carboxylic acids is 3. The Morgan fingerprint density at radius 3 is 2.62 bits per heavy atom. The predicted octanol–water partition coefficient (Wildman–Crippen LogP) is 3.87. The van der Waals surface area contributed by atoms with Crippen LogP contribution in [-0.4, -0.2) is 35.0 Å². The van der Waals surface area contributed by atoms with Crippen molar-refractivity contribution in [1.82, 2.24) is 5.32 Å². The van der Waals surface area contributed by atoms with Gasteiger partial charge in [0.05, 0.1) is 6.61 Å². The van der Waals surface area contributed by atoms with Gasteiger partial charge < -0.3 is 19.3 Å². The largest absolute Gasteiger partial charge is 0.508 e. The number of rotatable bonds is 3. The number of phenolic OH excluding ortho intramolecular Hbond substituents is 1. The molecule has 2 N–H and O–H groups in total. The van der Waals surface area contributed by atoms with Crippen LogP contribution in [0.1, 0.15) is 45.9 Å². The highest BCUT2D eigenvalue weighted by Gasteiger charge is 2.94. The molecular weight excluding hydrogens is 542 g/mol. The van der Waals surface area contributed by atoms with E-state index in [-0.39, 0.29) is 12.4 Å². The number of ether oxygens (including phenoxy) is 3. The number of aromatic hydroxyl groups is 1. The van der Waals surface area contributed by atoms with Crippen molar-refractivity contribution >= 4 is 33.7 Å². The number of para-hydroxylation sites is 1. The maximum atomic E-state index is 14.7. The smallest absolute Gasteiger partial charge is 0.343 e. The summed E-state index contributed by atoms with van der Waals surface area (Å²) < 4.78 is 18.7. The van der Waals surface area contributed by atoms with Crippen LogP contribution < -0.4 is 10.1 Å². The van der Waals surface area contributed by atoms with Crippen molar-refractivity contribution < 1.29 is 33.7 Å². The maximum absolute atomic E-state index is 14.7. The Morgan fingerprint density at radius 1 is 1.05 bits per heavy atom. The molecule has 0 radical (unpaired) electrons. The number of carbonyl (C=O) groups is 3. The van der Waals surface area contributed by atoms with Crippen LogP contribution in [0.4, 0.5) is 0 Å². The Kier molecular flexibility index (Phi) is 4.38. The summed E-state index contributed by atoms with van der Waals surface area (Å²) in [6, 6.07) is 18.0. The number of fused-ring (bicyclic) bond motifs is 3. The first-order chi connectivity index (χ1) is 17.8. The van der Waals surface area contributed by atoms with Gasteiger partial charge in [0.15, 0.2) is 11.2 Å². The van der Waals surface area contributed by atoms with Crippen LogP contribution in [0, 0.1) is 5.41 Å². The third-order valence-electron chi connectivity index (χ3n) is 8.12. The number of hydrogen-bond acceptors (Lipinski definition) is 8. The molecule has 3 aromatic rings. The molecule has 7 rings (SSSR count). The lowest BCUT2D eigenvalue weighted by Crippen LogP contribution is -2.67. The van der Waals surface area contributed by atoms with Crippen LogP contribution in [0.5, 0.6) is 11.5 Å². The van der Waals surface area contributed by atoms with Crippen molar-refractivity contribution in [3.63, 3.8) is 0 Å². The molecule has 0 bridgehead atoms. The molecule has 0 saturated carbocycles. The highest BCUT2D eigenvalue weighted by molar-refractivity contribution is 9.10. The van der Waals surface area contributed by atoms with Crippen LogP contribution in [0.3, 0.4) is 0 Å². The molecule has 0 amide bonds. The lowest BCUT2D eigenvalue weighted by Gasteiger charge is -2.46. The highest BCUT2D eigenvalue weighted by atomic mass is 79.9. The Morgan fingerprint density at radius 2 is 1.81 bits per heavy atom. The van der Waals surface area contributed by atoms with Gasteiger partial charge in [-0.05, 0) is 31.2 Å². The summed E-state index contributed by atoms with van der Waals surface area (Å²) in [7, 11) is 0. The van der Waals surface area contributed by atoms with Gasteiger partial charge in [0, 0.05) is 38.7 Å². The molecule has 0 aromatic heterocycles. The van der Waals surface area contributed by atoms with Gasteiger partial charge in [0.25, 0.3) is 5.79 Å². The van der Waals surface area contributed by atoms with Gasteiger partial charge in [-0.2, -0.15) is 0 Å². The highest BCUT2D eigenvalue weighted by Crippen LogP contribution is 2.76. The average Bonchev–Trinajstić information content (AvgIpc) is 3.43. The SMILES string of the molecule is CCOC(=O)[C@@]12N[C@H](c3cc(Br)ccc3O)[C@H]3c4ccccc4O[C@]4(OC1=O)c1ccccc1C(=O)[C@@]324. The minimum absolute atomic E-state index is 0.0192. The monoisotopic (exact) mass is 561 g/mol. The zero-order chi connectivity index (χ0) is 25.7. The van der Waals surface area contributed by atoms with Crippen LogP contribution in [-0.2, 0) is 24.8 Å². The second-order valence-corrected chi connectivity index (χ2v) is 10.5. The predicted molar refractivity (Wildman–Crippen MR) is 132 cm³/mol. The van der Waals surface area contributed by atoms with E-state index in [1.807, 2.05) is 6.07 Å². The molecule has 3 aromatic carbocycles. The number of esters is 2. The van der Waals surface area contributed by atoms with Gasteiger partial charge >= 0.3 is 11.9 Å². The molecule has 3 heterocycles. The van der Waals surface area contributed by atoms with E-state index >= 15 is 0 Å². The van der Waals surface area contributed by atoms with Crippen molar-refractivity contribution in [2.45, 2.75) is 30.2 Å². The summed E-state index contributed by atoms with van der Waals surface area (Å²) in [6.07, 6.45) is 0. The maximum Gasteiger partial charge on any atom is 0.343 e. The Hall–Kier alpha value is -3.69. The molecule has 8 nitrogen and oxygen atoms in total. The number of Topliss-reactive ketones (excluding diaryl/α,β-unsaturated/α-hetero) is 1. The van der Waals surface area contributed by atoms with Crippen molar-refractivity contribution in [2.24, 2.45) is 5.41 Å². The van der Waals surface area contributed by atoms with E-state index in [1.54, 1.807) is 61.5 Å². The number of benzene rings is 3. The van der Waals surface area contributed by atoms with Crippen molar-refractivity contribution in [2.75, 3.05) is 6.61 Å². The summed E-state index contributed by atoms with van der Waals surface area (Å²) in [5.41, 5.74) is -2.39. The summed E-state index contributed by atoms with van der Waals surface area (Å²) in [6.45, 7) is 1.61. The first-order valence-electron chi connectivity index (χ1n) is 11.9. The van der Waals surface area contributed by atoms with E-state index < -0.39 is 46.4 Å². The van der Waals surface area contributed by atoms with Crippen LogP contribution in [0.15, 0.2) is 71.2 Å². The number of ketones is 1. The Labute approximate surface area is 219 Å². The molecule has 9 heteroatoms. The number of halogens is 1. The molecule has 1 spiro atoms. The van der Waals surface area contributed by atoms with E-state index in [0.29, 0.717) is 32.5 Å². The summed E-state index contributed by atoms with van der Waals surface area (Å²) in [5, 5.41) is 14.2. The number of nitrogens with one attached hydrogen (secondary N) is 1. The Bertz CT molecular complexity index is 1550. The van der Waals surface area contributed by atoms with Gasteiger partial charge in [-0.1, -0.05) is 58.4 Å². The van der Waals surface area contributed by atoms with Crippen LogP contribution >= 0.6 is 15.9 Å². The minimum Gasteiger partial charge on any atom is -0.508 e. The fraction of sp³-hybridized carbons (Fsp3) is 0.250. The Balaban J connectivity index is 1.64. The lowest BCUT2D eigenvalue weighted by molar-refractivity contribution is -0.214. The summed E-state index contributed by atoms with van der Waals surface area (Å²) >= 11 is 3.46. The second-order valence-electron chi connectivity index (χ2n) is 9.60. The van der Waals surface area contributed by atoms with E-state index in [0.717, 1.165) is 0 Å². The number of hydrogen-bond donors (Lipinski definition) is 2. The molecule has 37 heavy (non-hydrogen) atoms. The first kappa shape index (κ1) is 22.5. The molecule has 5 atom stereocenters. The molecular formula is C28H20BrNO7. The van der Waals surface area contributed by atoms with Crippen LogP contribution in [0.2, 0.25) is 0 Å². The first-order valence-corrected chi connectivity index (χ1v) is 12.7. The average molecular weight is 562 g/mol. The zero-order valence-electron chi connectivity index (χ0n) is 19.5. The molecule has 0 unspecified atom stereocenters. The third kappa shape index (κ3) is 2.31. The van der Waals surface area contributed by atoms with E-state index in [9.17, 15) is 19.5 Å². The third-order valence-corrected chi connectivity index (χ3v) is 8.62. The van der Waals surface area contributed by atoms with E-state index in [4.69, 9.17) is 14.2 Å². The molecule has 3 aliphatic heterocycles. The quantitative estimate of drug-likeness (QED) is 0.366. The molecule has 2 saturated heterocycles. The van der Waals surface area contributed by atoms with Crippen molar-refractivity contribution in [3.8, 4) is 11.5 Å². The second kappa shape index (κ2) is 7.20. The van der Waals surface area contributed by atoms with E-state index in [2.05, 4.69) is 21.2 Å². The van der Waals surface area contributed by atoms with Gasteiger partial charge in [0.2, 0.25) is 5.54 Å². The van der Waals surface area contributed by atoms with Gasteiger partial charge in [-0.15, -0.1) is 0 Å². The van der Waals surface area contributed by atoms with Gasteiger partial charge in [0.1, 0.15) is 11.5 Å². The number of phenols is 1. The van der Waals surface area contributed by atoms with Crippen LogP contribution in [0.25, 0.3) is 0 Å². The van der Waals surface area contributed by atoms with Crippen molar-refractivity contribution in [3.05, 3.63) is 93.5 Å². The summed E-state index contributed by atoms with van der Waals surface area (Å²) in [5.74, 6) is -4.71. The van der Waals surface area contributed by atoms with Crippen molar-refractivity contribution in [1.29, 1.82) is 0 Å². The van der Waals surface area contributed by atoms with Gasteiger partial charge in [-0.3, -0.25) is 10.1 Å². The normalized spacial score (nSPS) is 32.1. The molecule has 186 valence electrons.